The zero-order valence-electron chi connectivity index (χ0n) is 20.2. The molecule has 7 nitrogen and oxygen atoms in total. The van der Waals surface area contributed by atoms with Crippen LogP contribution in [0.1, 0.15) is 64.1 Å². The van der Waals surface area contributed by atoms with Crippen LogP contribution in [0.2, 0.25) is 0 Å². The van der Waals surface area contributed by atoms with Crippen LogP contribution in [-0.2, 0) is 19.1 Å². The molecule has 0 radical (unpaired) electrons. The maximum absolute atomic E-state index is 13.2. The largest absolute Gasteiger partial charge is 0.460 e. The molecule has 0 aliphatic carbocycles. The van der Waals surface area contributed by atoms with Gasteiger partial charge in [-0.25, -0.2) is 9.79 Å². The number of methoxy groups -OCH3 is 1. The van der Waals surface area contributed by atoms with Crippen molar-refractivity contribution in [1.29, 1.82) is 0 Å². The zero-order chi connectivity index (χ0) is 24.1. The molecule has 1 aromatic rings. The van der Waals surface area contributed by atoms with Gasteiger partial charge in [0.1, 0.15) is 6.61 Å². The number of rotatable bonds is 9. The van der Waals surface area contributed by atoms with Crippen LogP contribution in [0.5, 0.6) is 0 Å². The Kier molecular flexibility index (Phi) is 8.37. The van der Waals surface area contributed by atoms with Crippen molar-refractivity contribution in [2.24, 2.45) is 4.99 Å². The van der Waals surface area contributed by atoms with Gasteiger partial charge in [-0.05, 0) is 43.2 Å². The number of thioether (sulfide) groups is 1. The van der Waals surface area contributed by atoms with Crippen LogP contribution < -0.4 is 5.32 Å². The monoisotopic (exact) mass is 471 g/mol. The molecule has 0 saturated carbocycles. The summed E-state index contributed by atoms with van der Waals surface area (Å²) in [4.78, 5) is 32.4. The maximum atomic E-state index is 13.2. The number of carbonyl (C=O) groups is 2. The number of aliphatic imine (C=N–C) groups is 1. The van der Waals surface area contributed by atoms with Gasteiger partial charge < -0.3 is 19.7 Å². The van der Waals surface area contributed by atoms with Gasteiger partial charge in [-0.2, -0.15) is 0 Å². The van der Waals surface area contributed by atoms with Crippen LogP contribution >= 0.6 is 11.8 Å². The second-order valence-electron chi connectivity index (χ2n) is 8.74. The SMILES string of the molecule is COCCOC(=O)C1=C(C)N=C2SC=C(CC(=O)NC(C)C)N2C1c1ccc(C(C)C)cc1. The van der Waals surface area contributed by atoms with Crippen molar-refractivity contribution in [3.8, 4) is 0 Å². The Labute approximate surface area is 200 Å². The predicted molar refractivity (Wildman–Crippen MR) is 132 cm³/mol. The Morgan fingerprint density at radius 3 is 2.45 bits per heavy atom. The van der Waals surface area contributed by atoms with Crippen molar-refractivity contribution in [2.75, 3.05) is 20.3 Å². The maximum Gasteiger partial charge on any atom is 0.338 e. The van der Waals surface area contributed by atoms with E-state index in [-0.39, 0.29) is 25.0 Å². The molecule has 1 aromatic carbocycles. The second-order valence-corrected chi connectivity index (χ2v) is 9.58. The summed E-state index contributed by atoms with van der Waals surface area (Å²) in [5, 5.41) is 5.64. The fourth-order valence-corrected chi connectivity index (χ4v) is 4.81. The molecular weight excluding hydrogens is 438 g/mol. The normalized spacial score (nSPS) is 17.8. The van der Waals surface area contributed by atoms with E-state index in [4.69, 9.17) is 9.47 Å². The zero-order valence-corrected chi connectivity index (χ0v) is 21.0. The highest BCUT2D eigenvalue weighted by atomic mass is 32.2. The molecule has 178 valence electrons. The fourth-order valence-electron chi connectivity index (χ4n) is 3.84. The van der Waals surface area contributed by atoms with Gasteiger partial charge in [0.05, 0.1) is 30.3 Å². The molecule has 3 rings (SSSR count). The van der Waals surface area contributed by atoms with Gasteiger partial charge in [-0.15, -0.1) is 0 Å². The summed E-state index contributed by atoms with van der Waals surface area (Å²) in [6.45, 7) is 10.5. The first-order valence-electron chi connectivity index (χ1n) is 11.2. The van der Waals surface area contributed by atoms with Crippen molar-refractivity contribution in [3.05, 3.63) is 57.8 Å². The molecular formula is C25H33N3O4S. The van der Waals surface area contributed by atoms with E-state index in [1.807, 2.05) is 43.2 Å². The molecule has 1 amide bonds. The number of allylic oxidation sites excluding steroid dienone is 1. The first-order chi connectivity index (χ1) is 15.7. The van der Waals surface area contributed by atoms with Crippen molar-refractivity contribution < 1.29 is 19.1 Å². The Morgan fingerprint density at radius 2 is 1.85 bits per heavy atom. The topological polar surface area (TPSA) is 80.2 Å². The van der Waals surface area contributed by atoms with E-state index in [9.17, 15) is 9.59 Å². The number of amides is 1. The Bertz CT molecular complexity index is 980. The van der Waals surface area contributed by atoms with Gasteiger partial charge in [0.25, 0.3) is 0 Å². The molecule has 2 aliphatic rings. The van der Waals surface area contributed by atoms with Crippen molar-refractivity contribution in [1.82, 2.24) is 10.2 Å². The summed E-state index contributed by atoms with van der Waals surface area (Å²) >= 11 is 1.47. The van der Waals surface area contributed by atoms with E-state index in [1.165, 1.54) is 17.3 Å². The molecule has 2 heterocycles. The third kappa shape index (κ3) is 5.86. The number of fused-ring (bicyclic) bond motifs is 1. The number of nitrogens with zero attached hydrogens (tertiary/aromatic N) is 2. The molecule has 8 heteroatoms. The molecule has 0 bridgehead atoms. The average molecular weight is 472 g/mol. The van der Waals surface area contributed by atoms with Crippen LogP contribution in [0.15, 0.2) is 51.6 Å². The van der Waals surface area contributed by atoms with E-state index in [0.717, 1.165) is 16.4 Å². The smallest absolute Gasteiger partial charge is 0.338 e. The van der Waals surface area contributed by atoms with E-state index in [2.05, 4.69) is 36.3 Å². The molecule has 0 spiro atoms. The lowest BCUT2D eigenvalue weighted by Gasteiger charge is -2.36. The standard InChI is InChI=1S/C25H33N3O4S/c1-15(2)18-7-9-19(10-8-18)23-22(24(30)32-12-11-31-6)17(5)27-25-28(23)20(14-33-25)13-21(29)26-16(3)4/h7-10,14-16,23H,11-13H2,1-6H3,(H,26,29). The fraction of sp³-hybridized carbons (Fsp3) is 0.480. The molecule has 1 unspecified atom stereocenters. The highest BCUT2D eigenvalue weighted by Crippen LogP contribution is 2.45. The molecule has 1 N–H and O–H groups in total. The van der Waals surface area contributed by atoms with E-state index >= 15 is 0 Å². The summed E-state index contributed by atoms with van der Waals surface area (Å²) < 4.78 is 10.5. The van der Waals surface area contributed by atoms with Gasteiger partial charge in [0.15, 0.2) is 5.17 Å². The van der Waals surface area contributed by atoms with Crippen molar-refractivity contribution >= 4 is 28.8 Å². The lowest BCUT2D eigenvalue weighted by Crippen LogP contribution is -2.38. The third-order valence-electron chi connectivity index (χ3n) is 5.45. The van der Waals surface area contributed by atoms with Crippen LogP contribution in [0.3, 0.4) is 0 Å². The summed E-state index contributed by atoms with van der Waals surface area (Å²) in [7, 11) is 1.56. The second kappa shape index (κ2) is 11.0. The number of ether oxygens (including phenoxy) is 2. The number of carbonyl (C=O) groups excluding carboxylic acids is 2. The Hall–Kier alpha value is -2.58. The van der Waals surface area contributed by atoms with Crippen molar-refractivity contribution in [3.63, 3.8) is 0 Å². The minimum atomic E-state index is -0.429. The highest BCUT2D eigenvalue weighted by molar-refractivity contribution is 8.16. The average Bonchev–Trinajstić information content (AvgIpc) is 3.14. The van der Waals surface area contributed by atoms with E-state index < -0.39 is 12.0 Å². The number of esters is 1. The summed E-state index contributed by atoms with van der Waals surface area (Å²) in [5.41, 5.74) is 4.07. The first-order valence-corrected chi connectivity index (χ1v) is 12.1. The van der Waals surface area contributed by atoms with E-state index in [1.54, 1.807) is 7.11 Å². The Balaban J connectivity index is 2.00. The molecule has 0 saturated heterocycles. The number of benzene rings is 1. The van der Waals surface area contributed by atoms with Gasteiger partial charge in [0, 0.05) is 18.8 Å². The Morgan fingerprint density at radius 1 is 1.15 bits per heavy atom. The van der Waals surface area contributed by atoms with Gasteiger partial charge in [-0.3, -0.25) is 4.79 Å². The number of hydrogen-bond donors (Lipinski definition) is 1. The number of amidine groups is 1. The number of hydrogen-bond acceptors (Lipinski definition) is 7. The molecule has 0 aromatic heterocycles. The third-order valence-corrected chi connectivity index (χ3v) is 6.34. The molecule has 2 aliphatic heterocycles. The summed E-state index contributed by atoms with van der Waals surface area (Å²) in [5.74, 6) is -0.0912. The van der Waals surface area contributed by atoms with Crippen LogP contribution in [-0.4, -0.2) is 48.3 Å². The van der Waals surface area contributed by atoms with Gasteiger partial charge >= 0.3 is 5.97 Å². The molecule has 0 fully saturated rings. The lowest BCUT2D eigenvalue weighted by molar-refractivity contribution is -0.141. The predicted octanol–water partition coefficient (Wildman–Crippen LogP) is 4.49. The number of nitrogens with one attached hydrogen (secondary N) is 1. The summed E-state index contributed by atoms with van der Waals surface area (Å²) in [6, 6.07) is 7.90. The quantitative estimate of drug-likeness (QED) is 0.422. The van der Waals surface area contributed by atoms with Gasteiger partial charge in [-0.1, -0.05) is 49.9 Å². The van der Waals surface area contributed by atoms with Crippen LogP contribution in [0, 0.1) is 0 Å². The van der Waals surface area contributed by atoms with Crippen molar-refractivity contribution in [2.45, 2.75) is 59.0 Å². The van der Waals surface area contributed by atoms with Crippen LogP contribution in [0.25, 0.3) is 0 Å². The minimum absolute atomic E-state index is 0.0505. The first kappa shape index (κ1) is 25.1. The van der Waals surface area contributed by atoms with Gasteiger partial charge in [0.2, 0.25) is 5.91 Å². The highest BCUT2D eigenvalue weighted by Gasteiger charge is 2.41. The van der Waals surface area contributed by atoms with Crippen LogP contribution in [0.4, 0.5) is 0 Å². The molecule has 1 atom stereocenters. The summed E-state index contributed by atoms with van der Waals surface area (Å²) in [6.07, 6.45) is 0.204. The lowest BCUT2D eigenvalue weighted by atomic mass is 9.92. The van der Waals surface area contributed by atoms with E-state index in [0.29, 0.717) is 23.8 Å². The minimum Gasteiger partial charge on any atom is -0.460 e. The molecule has 33 heavy (non-hydrogen) atoms.